The number of hydrogen-bond acceptors (Lipinski definition) is 3. The van der Waals surface area contributed by atoms with E-state index in [1.54, 1.807) is 12.4 Å². The van der Waals surface area contributed by atoms with Crippen molar-refractivity contribution in [1.82, 2.24) is 14.9 Å². The average molecular weight is 306 g/mol. The summed E-state index contributed by atoms with van der Waals surface area (Å²) in [6.07, 6.45) is 7.81. The molecule has 1 unspecified atom stereocenters. The number of fused-ring (bicyclic) bond motifs is 1. The summed E-state index contributed by atoms with van der Waals surface area (Å²) in [7, 11) is 0. The molecular weight excluding hydrogens is 286 g/mol. The Labute approximate surface area is 131 Å². The molecule has 0 N–H and O–H groups in total. The molecule has 2 aromatic rings. The summed E-state index contributed by atoms with van der Waals surface area (Å²) in [6, 6.07) is 5.97. The summed E-state index contributed by atoms with van der Waals surface area (Å²) in [6.45, 7) is 3.03. The maximum atomic E-state index is 12.7. The third-order valence-electron chi connectivity index (χ3n) is 4.08. The average Bonchev–Trinajstić information content (AvgIpc) is 2.53. The minimum Gasteiger partial charge on any atom is -0.336 e. The fourth-order valence-corrected chi connectivity index (χ4v) is 2.95. The van der Waals surface area contributed by atoms with Gasteiger partial charge in [0.2, 0.25) is 0 Å². The fourth-order valence-electron chi connectivity index (χ4n) is 2.95. The van der Waals surface area contributed by atoms with Crippen LogP contribution in [0.3, 0.4) is 0 Å². The number of likely N-dealkylation sites (tertiary alicyclic amines) is 1. The fraction of sp³-hybridized carbons (Fsp3) is 0.438. The zero-order valence-corrected chi connectivity index (χ0v) is 13.0. The van der Waals surface area contributed by atoms with E-state index in [1.807, 2.05) is 23.1 Å². The van der Waals surface area contributed by atoms with Crippen molar-refractivity contribution in [3.05, 3.63) is 36.2 Å². The minimum atomic E-state index is 0. The Kier molecular flexibility index (Phi) is 5.12. The van der Waals surface area contributed by atoms with Crippen LogP contribution in [0.5, 0.6) is 0 Å². The van der Waals surface area contributed by atoms with Gasteiger partial charge in [0.1, 0.15) is 0 Å². The molecule has 1 fully saturated rings. The Morgan fingerprint density at radius 2 is 2.00 bits per heavy atom. The van der Waals surface area contributed by atoms with Gasteiger partial charge in [-0.15, -0.1) is 12.4 Å². The van der Waals surface area contributed by atoms with Crippen LogP contribution < -0.4 is 0 Å². The van der Waals surface area contributed by atoms with Crippen molar-refractivity contribution in [3.8, 4) is 0 Å². The molecule has 1 saturated heterocycles. The smallest absolute Gasteiger partial charge is 0.254 e. The Balaban J connectivity index is 0.00000161. The summed E-state index contributed by atoms with van der Waals surface area (Å²) in [4.78, 5) is 23.2. The minimum absolute atomic E-state index is 0. The number of hydrogen-bond donors (Lipinski definition) is 0. The molecule has 4 nitrogen and oxygen atoms in total. The molecule has 0 aliphatic carbocycles. The zero-order valence-electron chi connectivity index (χ0n) is 12.2. The molecule has 21 heavy (non-hydrogen) atoms. The van der Waals surface area contributed by atoms with Crippen molar-refractivity contribution >= 4 is 29.3 Å². The summed E-state index contributed by atoms with van der Waals surface area (Å²) in [5.41, 5.74) is 2.33. The van der Waals surface area contributed by atoms with E-state index in [1.165, 1.54) is 6.42 Å². The number of piperidine rings is 1. The van der Waals surface area contributed by atoms with Crippen LogP contribution in [0.1, 0.15) is 43.0 Å². The number of aromatic nitrogens is 2. The van der Waals surface area contributed by atoms with E-state index in [0.717, 1.165) is 42.4 Å². The molecule has 112 valence electrons. The van der Waals surface area contributed by atoms with Crippen LogP contribution in [0.2, 0.25) is 0 Å². The van der Waals surface area contributed by atoms with Gasteiger partial charge >= 0.3 is 0 Å². The lowest BCUT2D eigenvalue weighted by Gasteiger charge is -2.35. The molecule has 0 saturated carbocycles. The zero-order chi connectivity index (χ0) is 13.9. The van der Waals surface area contributed by atoms with Crippen molar-refractivity contribution in [3.63, 3.8) is 0 Å². The Morgan fingerprint density at radius 1 is 1.24 bits per heavy atom. The van der Waals surface area contributed by atoms with Crippen LogP contribution in [0.25, 0.3) is 11.0 Å². The van der Waals surface area contributed by atoms with Crippen LogP contribution in [0, 0.1) is 0 Å². The normalized spacial score (nSPS) is 18.3. The van der Waals surface area contributed by atoms with E-state index in [4.69, 9.17) is 0 Å². The molecule has 3 rings (SSSR count). The second-order valence-electron chi connectivity index (χ2n) is 5.32. The lowest BCUT2D eigenvalue weighted by atomic mass is 9.99. The number of carbonyl (C=O) groups is 1. The van der Waals surface area contributed by atoms with Crippen LogP contribution in [0.4, 0.5) is 0 Å². The molecule has 0 bridgehead atoms. The van der Waals surface area contributed by atoms with Crippen molar-refractivity contribution in [2.45, 2.75) is 38.6 Å². The third-order valence-corrected chi connectivity index (χ3v) is 4.08. The summed E-state index contributed by atoms with van der Waals surface area (Å²) in [5, 5.41) is 0. The summed E-state index contributed by atoms with van der Waals surface area (Å²) in [5.74, 6) is 0.129. The van der Waals surface area contributed by atoms with Gasteiger partial charge in [-0.05, 0) is 43.9 Å². The number of benzene rings is 1. The second-order valence-corrected chi connectivity index (χ2v) is 5.32. The standard InChI is InChI=1S/C16H19N3O.ClH/c1-2-13-5-3-4-10-19(13)16(20)12-6-7-14-15(11-12)18-9-8-17-14;/h6-9,11,13H,2-5,10H2,1H3;1H. The van der Waals surface area contributed by atoms with Gasteiger partial charge < -0.3 is 4.90 Å². The number of carbonyl (C=O) groups excluding carboxylic acids is 1. The molecule has 1 aromatic carbocycles. The first-order valence-electron chi connectivity index (χ1n) is 7.31. The highest BCUT2D eigenvalue weighted by Crippen LogP contribution is 2.22. The predicted octanol–water partition coefficient (Wildman–Crippen LogP) is 3.46. The number of nitrogens with zero attached hydrogens (tertiary/aromatic N) is 3. The highest BCUT2D eigenvalue weighted by molar-refractivity contribution is 5.97. The highest BCUT2D eigenvalue weighted by atomic mass is 35.5. The van der Waals surface area contributed by atoms with Gasteiger partial charge in [-0.1, -0.05) is 6.92 Å². The van der Waals surface area contributed by atoms with Gasteiger partial charge in [0, 0.05) is 30.5 Å². The number of halogens is 1. The number of amides is 1. The molecule has 1 aliphatic rings. The van der Waals surface area contributed by atoms with Crippen LogP contribution in [-0.4, -0.2) is 33.4 Å². The van der Waals surface area contributed by atoms with Gasteiger partial charge in [-0.25, -0.2) is 0 Å². The van der Waals surface area contributed by atoms with Crippen molar-refractivity contribution in [1.29, 1.82) is 0 Å². The molecule has 1 aliphatic heterocycles. The van der Waals surface area contributed by atoms with E-state index < -0.39 is 0 Å². The molecule has 5 heteroatoms. The van der Waals surface area contributed by atoms with E-state index in [9.17, 15) is 4.79 Å². The Bertz CT molecular complexity index is 632. The lowest BCUT2D eigenvalue weighted by Crippen LogP contribution is -2.43. The van der Waals surface area contributed by atoms with Crippen molar-refractivity contribution in [2.75, 3.05) is 6.54 Å². The van der Waals surface area contributed by atoms with Crippen molar-refractivity contribution in [2.24, 2.45) is 0 Å². The van der Waals surface area contributed by atoms with Crippen LogP contribution >= 0.6 is 12.4 Å². The Hall–Kier alpha value is -1.68. The van der Waals surface area contributed by atoms with Crippen LogP contribution in [-0.2, 0) is 0 Å². The molecule has 1 amide bonds. The maximum absolute atomic E-state index is 12.7. The highest BCUT2D eigenvalue weighted by Gasteiger charge is 2.26. The van der Waals surface area contributed by atoms with Crippen LogP contribution in [0.15, 0.2) is 30.6 Å². The topological polar surface area (TPSA) is 46.1 Å². The van der Waals surface area contributed by atoms with Gasteiger partial charge in [0.05, 0.1) is 11.0 Å². The Morgan fingerprint density at radius 3 is 2.76 bits per heavy atom. The van der Waals surface area contributed by atoms with Gasteiger partial charge in [-0.3, -0.25) is 14.8 Å². The maximum Gasteiger partial charge on any atom is 0.254 e. The van der Waals surface area contributed by atoms with Crippen molar-refractivity contribution < 1.29 is 4.79 Å². The third kappa shape index (κ3) is 3.16. The summed E-state index contributed by atoms with van der Waals surface area (Å²) < 4.78 is 0. The predicted molar refractivity (Wildman–Crippen MR) is 85.8 cm³/mol. The van der Waals surface area contributed by atoms with E-state index in [-0.39, 0.29) is 18.3 Å². The van der Waals surface area contributed by atoms with Gasteiger partial charge in [0.25, 0.3) is 5.91 Å². The quantitative estimate of drug-likeness (QED) is 0.853. The monoisotopic (exact) mass is 305 g/mol. The lowest BCUT2D eigenvalue weighted by molar-refractivity contribution is 0.0608. The molecule has 1 atom stereocenters. The molecular formula is C16H20ClN3O. The van der Waals surface area contributed by atoms with E-state index in [2.05, 4.69) is 16.9 Å². The van der Waals surface area contributed by atoms with E-state index in [0.29, 0.717) is 6.04 Å². The van der Waals surface area contributed by atoms with Gasteiger partial charge in [0.15, 0.2) is 0 Å². The first-order chi connectivity index (χ1) is 9.79. The molecule has 1 aromatic heterocycles. The first-order valence-corrected chi connectivity index (χ1v) is 7.31. The largest absolute Gasteiger partial charge is 0.336 e. The molecule has 0 spiro atoms. The molecule has 2 heterocycles. The SMILES string of the molecule is CCC1CCCCN1C(=O)c1ccc2nccnc2c1.Cl. The first kappa shape index (κ1) is 15.7. The second kappa shape index (κ2) is 6.85. The van der Waals surface area contributed by atoms with Gasteiger partial charge in [-0.2, -0.15) is 0 Å². The van der Waals surface area contributed by atoms with E-state index >= 15 is 0 Å². The summed E-state index contributed by atoms with van der Waals surface area (Å²) >= 11 is 0. The molecule has 0 radical (unpaired) electrons. The number of rotatable bonds is 2.